The van der Waals surface area contributed by atoms with Crippen LogP contribution in [0.5, 0.6) is 0 Å². The molecule has 0 unspecified atom stereocenters. The molecule has 0 saturated carbocycles. The first kappa shape index (κ1) is 16.0. The quantitative estimate of drug-likeness (QED) is 0.879. The summed E-state index contributed by atoms with van der Waals surface area (Å²) >= 11 is 0. The zero-order valence-corrected chi connectivity index (χ0v) is 13.2. The number of amides is 1. The molecule has 1 aliphatic rings. The molecule has 2 heterocycles. The summed E-state index contributed by atoms with van der Waals surface area (Å²) < 4.78 is 29.6. The Morgan fingerprint density at radius 2 is 2.14 bits per heavy atom. The third-order valence-corrected chi connectivity index (χ3v) is 5.07. The number of nitrogens with one attached hydrogen (secondary N) is 1. The molecule has 6 nitrogen and oxygen atoms in total. The molecule has 118 valence electrons. The van der Waals surface area contributed by atoms with Crippen LogP contribution in [-0.4, -0.2) is 44.0 Å². The summed E-state index contributed by atoms with van der Waals surface area (Å²) in [6.45, 7) is 2.78. The largest absolute Gasteiger partial charge is 0.469 e. The van der Waals surface area contributed by atoms with Gasteiger partial charge in [0, 0.05) is 31.5 Å². The average molecular weight is 314 g/mol. The van der Waals surface area contributed by atoms with E-state index in [9.17, 15) is 13.2 Å². The Bertz CT molecular complexity index is 560. The summed E-state index contributed by atoms with van der Waals surface area (Å²) in [5.74, 6) is 0.735. The molecule has 1 aromatic rings. The van der Waals surface area contributed by atoms with Crippen molar-refractivity contribution in [1.29, 1.82) is 0 Å². The molecule has 7 heteroatoms. The molecule has 1 fully saturated rings. The summed E-state index contributed by atoms with van der Waals surface area (Å²) in [6, 6.07) is 3.70. The Balaban J connectivity index is 1.79. The Labute approximate surface area is 125 Å². The van der Waals surface area contributed by atoms with Crippen molar-refractivity contribution < 1.29 is 17.6 Å². The van der Waals surface area contributed by atoms with E-state index in [2.05, 4.69) is 5.32 Å². The van der Waals surface area contributed by atoms with Gasteiger partial charge in [0.25, 0.3) is 0 Å². The lowest BCUT2D eigenvalue weighted by atomic mass is 9.96. The van der Waals surface area contributed by atoms with Gasteiger partial charge < -0.3 is 9.73 Å². The molecule has 0 aliphatic carbocycles. The van der Waals surface area contributed by atoms with Gasteiger partial charge in [-0.05, 0) is 31.9 Å². The molecule has 1 saturated heterocycles. The number of piperidine rings is 1. The van der Waals surface area contributed by atoms with E-state index in [1.807, 2.05) is 19.1 Å². The van der Waals surface area contributed by atoms with Crippen molar-refractivity contribution in [3.63, 3.8) is 0 Å². The highest BCUT2D eigenvalue weighted by Gasteiger charge is 2.29. The normalized spacial score (nSPS) is 19.3. The van der Waals surface area contributed by atoms with Crippen LogP contribution in [0.15, 0.2) is 22.8 Å². The Kier molecular flexibility index (Phi) is 5.05. The van der Waals surface area contributed by atoms with Crippen LogP contribution in [0, 0.1) is 5.92 Å². The summed E-state index contributed by atoms with van der Waals surface area (Å²) in [5, 5.41) is 2.97. The van der Waals surface area contributed by atoms with Gasteiger partial charge in [-0.3, -0.25) is 4.79 Å². The third kappa shape index (κ3) is 4.57. The van der Waals surface area contributed by atoms with Gasteiger partial charge >= 0.3 is 0 Å². The van der Waals surface area contributed by atoms with Crippen LogP contribution < -0.4 is 5.32 Å². The second-order valence-corrected chi connectivity index (χ2v) is 7.61. The number of rotatable bonds is 5. The van der Waals surface area contributed by atoms with Gasteiger partial charge in [-0.1, -0.05) is 0 Å². The van der Waals surface area contributed by atoms with E-state index in [0.717, 1.165) is 5.76 Å². The van der Waals surface area contributed by atoms with Gasteiger partial charge in [0.05, 0.1) is 12.5 Å². The second-order valence-electron chi connectivity index (χ2n) is 5.63. The molecule has 1 atom stereocenters. The van der Waals surface area contributed by atoms with Crippen molar-refractivity contribution in [2.24, 2.45) is 5.92 Å². The van der Waals surface area contributed by atoms with Gasteiger partial charge in [-0.2, -0.15) is 0 Å². The van der Waals surface area contributed by atoms with E-state index in [0.29, 0.717) is 32.4 Å². The van der Waals surface area contributed by atoms with Crippen LogP contribution in [0.2, 0.25) is 0 Å². The molecule has 1 aliphatic heterocycles. The van der Waals surface area contributed by atoms with Gasteiger partial charge in [-0.15, -0.1) is 0 Å². The standard InChI is InChI=1S/C14H22N2O4S/c1-11(10-13-4-3-9-20-13)15-14(17)12-5-7-16(8-6-12)21(2,18)19/h3-4,9,11-12H,5-8,10H2,1-2H3,(H,15,17)/t11-/m0/s1. The molecule has 1 N–H and O–H groups in total. The lowest BCUT2D eigenvalue weighted by Gasteiger charge is -2.30. The average Bonchev–Trinajstić information content (AvgIpc) is 2.90. The molecule has 0 aromatic carbocycles. The minimum atomic E-state index is -3.14. The molecule has 1 aromatic heterocycles. The molecule has 21 heavy (non-hydrogen) atoms. The van der Waals surface area contributed by atoms with E-state index in [1.165, 1.54) is 10.6 Å². The summed E-state index contributed by atoms with van der Waals surface area (Å²) in [5.41, 5.74) is 0. The van der Waals surface area contributed by atoms with Crippen LogP contribution in [0.4, 0.5) is 0 Å². The maximum absolute atomic E-state index is 12.2. The van der Waals surface area contributed by atoms with E-state index in [1.54, 1.807) is 6.26 Å². The third-order valence-electron chi connectivity index (χ3n) is 3.77. The first-order valence-electron chi connectivity index (χ1n) is 7.14. The van der Waals surface area contributed by atoms with Crippen molar-refractivity contribution in [3.8, 4) is 0 Å². The maximum atomic E-state index is 12.2. The Morgan fingerprint density at radius 3 is 2.67 bits per heavy atom. The van der Waals surface area contributed by atoms with Crippen molar-refractivity contribution in [3.05, 3.63) is 24.2 Å². The number of sulfonamides is 1. The lowest BCUT2D eigenvalue weighted by molar-refractivity contribution is -0.126. The highest BCUT2D eigenvalue weighted by Crippen LogP contribution is 2.19. The van der Waals surface area contributed by atoms with Crippen molar-refractivity contribution in [2.45, 2.75) is 32.2 Å². The maximum Gasteiger partial charge on any atom is 0.223 e. The van der Waals surface area contributed by atoms with Crippen LogP contribution in [-0.2, 0) is 21.2 Å². The smallest absolute Gasteiger partial charge is 0.223 e. The zero-order chi connectivity index (χ0) is 15.5. The van der Waals surface area contributed by atoms with E-state index < -0.39 is 10.0 Å². The van der Waals surface area contributed by atoms with Gasteiger partial charge in [0.15, 0.2) is 0 Å². The molecular weight excluding hydrogens is 292 g/mol. The minimum absolute atomic E-state index is 0.00204. The predicted molar refractivity (Wildman–Crippen MR) is 79.2 cm³/mol. The summed E-state index contributed by atoms with van der Waals surface area (Å²) in [6.07, 6.45) is 4.63. The molecule has 0 bridgehead atoms. The van der Waals surface area contributed by atoms with Crippen LogP contribution in [0.1, 0.15) is 25.5 Å². The fourth-order valence-corrected chi connectivity index (χ4v) is 3.47. The first-order valence-corrected chi connectivity index (χ1v) is 8.99. The molecule has 0 spiro atoms. The predicted octanol–water partition coefficient (Wildman–Crippen LogP) is 0.998. The topological polar surface area (TPSA) is 79.6 Å². The number of carbonyl (C=O) groups is 1. The van der Waals surface area contributed by atoms with E-state index in [4.69, 9.17) is 4.42 Å². The molecular formula is C14H22N2O4S. The summed E-state index contributed by atoms with van der Waals surface area (Å²) in [4.78, 5) is 12.2. The highest BCUT2D eigenvalue weighted by atomic mass is 32.2. The van der Waals surface area contributed by atoms with Crippen LogP contribution >= 0.6 is 0 Å². The zero-order valence-electron chi connectivity index (χ0n) is 12.4. The number of carbonyl (C=O) groups excluding carboxylic acids is 1. The van der Waals surface area contributed by atoms with E-state index in [-0.39, 0.29) is 17.9 Å². The van der Waals surface area contributed by atoms with Crippen LogP contribution in [0.25, 0.3) is 0 Å². The molecule has 0 radical (unpaired) electrons. The Hall–Kier alpha value is -1.34. The van der Waals surface area contributed by atoms with Crippen LogP contribution in [0.3, 0.4) is 0 Å². The van der Waals surface area contributed by atoms with E-state index >= 15 is 0 Å². The van der Waals surface area contributed by atoms with Crippen molar-refractivity contribution in [1.82, 2.24) is 9.62 Å². The lowest BCUT2D eigenvalue weighted by Crippen LogP contribution is -2.44. The second kappa shape index (κ2) is 6.62. The highest BCUT2D eigenvalue weighted by molar-refractivity contribution is 7.88. The fraction of sp³-hybridized carbons (Fsp3) is 0.643. The number of furan rings is 1. The number of nitrogens with zero attached hydrogens (tertiary/aromatic N) is 1. The number of hydrogen-bond donors (Lipinski definition) is 1. The minimum Gasteiger partial charge on any atom is -0.469 e. The molecule has 2 rings (SSSR count). The van der Waals surface area contributed by atoms with Gasteiger partial charge in [0.2, 0.25) is 15.9 Å². The van der Waals surface area contributed by atoms with Crippen molar-refractivity contribution >= 4 is 15.9 Å². The first-order chi connectivity index (χ1) is 9.86. The number of hydrogen-bond acceptors (Lipinski definition) is 4. The van der Waals surface area contributed by atoms with Gasteiger partial charge in [0.1, 0.15) is 5.76 Å². The van der Waals surface area contributed by atoms with Crippen molar-refractivity contribution in [2.75, 3.05) is 19.3 Å². The fourth-order valence-electron chi connectivity index (χ4n) is 2.59. The van der Waals surface area contributed by atoms with Gasteiger partial charge in [-0.25, -0.2) is 12.7 Å². The summed E-state index contributed by atoms with van der Waals surface area (Å²) in [7, 11) is -3.14. The Morgan fingerprint density at radius 1 is 1.48 bits per heavy atom. The molecule has 1 amide bonds. The SMILES string of the molecule is C[C@@H](Cc1ccco1)NC(=O)C1CCN(S(C)(=O)=O)CC1. The monoisotopic (exact) mass is 314 g/mol.